The number of likely N-dealkylation sites (tertiary alicyclic amines) is 1. The van der Waals surface area contributed by atoms with Crippen LogP contribution in [0.1, 0.15) is 76.7 Å². The molecular weight excluding hydrogens is 390 g/mol. The van der Waals surface area contributed by atoms with Crippen molar-refractivity contribution in [1.82, 2.24) is 4.90 Å². The molecule has 1 amide bonds. The number of carbonyl (C=O) groups excluding carboxylic acids is 1. The van der Waals surface area contributed by atoms with Crippen molar-refractivity contribution >= 4 is 11.9 Å². The van der Waals surface area contributed by atoms with E-state index in [-0.39, 0.29) is 24.3 Å². The number of benzene rings is 1. The van der Waals surface area contributed by atoms with Crippen molar-refractivity contribution in [2.24, 2.45) is 5.92 Å². The van der Waals surface area contributed by atoms with Crippen LogP contribution >= 0.6 is 0 Å². The molecule has 1 aliphatic heterocycles. The van der Waals surface area contributed by atoms with Crippen molar-refractivity contribution in [3.05, 3.63) is 48.0 Å². The fourth-order valence-electron chi connectivity index (χ4n) is 4.20. The normalized spacial score (nSPS) is 18.6. The summed E-state index contributed by atoms with van der Waals surface area (Å²) in [7, 11) is 0. The molecule has 0 saturated carbocycles. The van der Waals surface area contributed by atoms with Crippen LogP contribution in [0.25, 0.3) is 0 Å². The van der Waals surface area contributed by atoms with Gasteiger partial charge in [0.05, 0.1) is 12.1 Å². The van der Waals surface area contributed by atoms with E-state index in [0.717, 1.165) is 51.4 Å². The van der Waals surface area contributed by atoms with Crippen molar-refractivity contribution < 1.29 is 19.8 Å². The molecule has 1 aliphatic rings. The molecule has 1 heterocycles. The van der Waals surface area contributed by atoms with Gasteiger partial charge in [-0.2, -0.15) is 0 Å². The van der Waals surface area contributed by atoms with Crippen molar-refractivity contribution in [3.63, 3.8) is 0 Å². The number of nitrogens with zero attached hydrogens (tertiary/aromatic N) is 1. The van der Waals surface area contributed by atoms with Crippen LogP contribution < -0.4 is 0 Å². The lowest BCUT2D eigenvalue weighted by molar-refractivity contribution is -0.137. The molecule has 1 fully saturated rings. The number of rotatable bonds is 15. The Morgan fingerprint density at radius 3 is 2.61 bits per heavy atom. The van der Waals surface area contributed by atoms with Crippen LogP contribution in [0, 0.1) is 5.92 Å². The Morgan fingerprint density at radius 2 is 1.87 bits per heavy atom. The summed E-state index contributed by atoms with van der Waals surface area (Å²) in [4.78, 5) is 24.7. The van der Waals surface area contributed by atoms with E-state index in [4.69, 9.17) is 5.11 Å². The largest absolute Gasteiger partial charge is 0.481 e. The minimum atomic E-state index is -0.746. The predicted octanol–water partition coefficient (Wildman–Crippen LogP) is 4.98. The SMILES string of the molecule is C[C@@H](CCCCc1ccccc1)[C@H](O)/C=C/[C@H]1CCC(=O)N1CCCCCCC(=O)O. The summed E-state index contributed by atoms with van der Waals surface area (Å²) in [5.74, 6) is -0.362. The molecule has 3 atom stereocenters. The third-order valence-electron chi connectivity index (χ3n) is 6.25. The van der Waals surface area contributed by atoms with Crippen LogP contribution in [-0.2, 0) is 16.0 Å². The van der Waals surface area contributed by atoms with Gasteiger partial charge in [0, 0.05) is 19.4 Å². The molecule has 172 valence electrons. The highest BCUT2D eigenvalue weighted by Crippen LogP contribution is 2.22. The molecule has 5 heteroatoms. The maximum Gasteiger partial charge on any atom is 0.303 e. The Bertz CT molecular complexity index is 688. The van der Waals surface area contributed by atoms with E-state index >= 15 is 0 Å². The smallest absolute Gasteiger partial charge is 0.303 e. The number of unbranched alkanes of at least 4 members (excludes halogenated alkanes) is 4. The van der Waals surface area contributed by atoms with E-state index in [1.54, 1.807) is 0 Å². The number of carbonyl (C=O) groups is 2. The molecule has 1 saturated heterocycles. The van der Waals surface area contributed by atoms with Crippen LogP contribution in [0.4, 0.5) is 0 Å². The summed E-state index contributed by atoms with van der Waals surface area (Å²) in [5, 5.41) is 19.2. The average molecular weight is 430 g/mol. The lowest BCUT2D eigenvalue weighted by atomic mass is 9.95. The van der Waals surface area contributed by atoms with Crippen molar-refractivity contribution in [1.29, 1.82) is 0 Å². The molecule has 5 nitrogen and oxygen atoms in total. The minimum absolute atomic E-state index is 0.0754. The van der Waals surface area contributed by atoms with Crippen LogP contribution in [-0.4, -0.2) is 45.7 Å². The Hall–Kier alpha value is -2.14. The Kier molecular flexibility index (Phi) is 11.4. The highest BCUT2D eigenvalue weighted by molar-refractivity contribution is 5.79. The molecule has 0 aliphatic carbocycles. The van der Waals surface area contributed by atoms with Gasteiger partial charge in [-0.25, -0.2) is 0 Å². The van der Waals surface area contributed by atoms with E-state index in [0.29, 0.717) is 19.4 Å². The summed E-state index contributed by atoms with van der Waals surface area (Å²) in [6.45, 7) is 2.80. The first-order chi connectivity index (χ1) is 15.0. The van der Waals surface area contributed by atoms with Gasteiger partial charge in [-0.3, -0.25) is 9.59 Å². The van der Waals surface area contributed by atoms with Crippen LogP contribution in [0.5, 0.6) is 0 Å². The maximum absolute atomic E-state index is 12.2. The van der Waals surface area contributed by atoms with Gasteiger partial charge in [-0.05, 0) is 50.0 Å². The van der Waals surface area contributed by atoms with Crippen LogP contribution in [0.3, 0.4) is 0 Å². The van der Waals surface area contributed by atoms with Crippen molar-refractivity contribution in [2.45, 2.75) is 89.7 Å². The van der Waals surface area contributed by atoms with Gasteiger partial charge in [0.25, 0.3) is 0 Å². The molecule has 2 rings (SSSR count). The monoisotopic (exact) mass is 429 g/mol. The highest BCUT2D eigenvalue weighted by Gasteiger charge is 2.28. The number of carboxylic acids is 1. The lowest BCUT2D eigenvalue weighted by Gasteiger charge is -2.23. The molecule has 0 radical (unpaired) electrons. The van der Waals surface area contributed by atoms with Gasteiger partial charge >= 0.3 is 5.97 Å². The number of hydrogen-bond acceptors (Lipinski definition) is 3. The molecule has 0 bridgehead atoms. The summed E-state index contributed by atoms with van der Waals surface area (Å²) >= 11 is 0. The fraction of sp³-hybridized carbons (Fsp3) is 0.615. The van der Waals surface area contributed by atoms with E-state index in [2.05, 4.69) is 31.2 Å². The number of hydrogen-bond donors (Lipinski definition) is 2. The molecule has 0 unspecified atom stereocenters. The van der Waals surface area contributed by atoms with Gasteiger partial charge in [0.2, 0.25) is 5.91 Å². The molecule has 1 aromatic rings. The lowest BCUT2D eigenvalue weighted by Crippen LogP contribution is -2.33. The zero-order valence-electron chi connectivity index (χ0n) is 18.9. The topological polar surface area (TPSA) is 77.8 Å². The van der Waals surface area contributed by atoms with Gasteiger partial charge in [-0.1, -0.05) is 68.7 Å². The molecule has 0 aromatic heterocycles. The molecule has 2 N–H and O–H groups in total. The first kappa shape index (κ1) is 25.1. The summed E-state index contributed by atoms with van der Waals surface area (Å²) in [6, 6.07) is 10.6. The van der Waals surface area contributed by atoms with Gasteiger partial charge in [0.1, 0.15) is 0 Å². The second kappa shape index (κ2) is 14.0. The zero-order valence-corrected chi connectivity index (χ0v) is 18.9. The standard InChI is InChI=1S/C26H39NO4/c1-21(11-8-9-14-22-12-5-4-6-13-22)24(28)18-16-23-17-19-25(29)27(23)20-10-3-2-7-15-26(30)31/h4-6,12-13,16,18,21,23-24,28H,2-3,7-11,14-15,17,19-20H2,1H3,(H,30,31)/b18-16+/t21-,23-,24+/m0/s1. The quantitative estimate of drug-likeness (QED) is 0.304. The number of aliphatic hydroxyl groups is 1. The number of carboxylic acid groups (broad SMARTS) is 1. The highest BCUT2D eigenvalue weighted by atomic mass is 16.4. The van der Waals surface area contributed by atoms with Crippen molar-refractivity contribution in [2.75, 3.05) is 6.54 Å². The third kappa shape index (κ3) is 9.69. The van der Waals surface area contributed by atoms with E-state index < -0.39 is 12.1 Å². The maximum atomic E-state index is 12.2. The predicted molar refractivity (Wildman–Crippen MR) is 124 cm³/mol. The first-order valence-electron chi connectivity index (χ1n) is 11.9. The van der Waals surface area contributed by atoms with E-state index in [1.807, 2.05) is 23.1 Å². The zero-order chi connectivity index (χ0) is 22.5. The number of aliphatic hydroxyl groups excluding tert-OH is 1. The number of aliphatic carboxylic acids is 1. The number of amides is 1. The van der Waals surface area contributed by atoms with Gasteiger partial charge in [0.15, 0.2) is 0 Å². The number of aryl methyl sites for hydroxylation is 1. The molecule has 0 spiro atoms. The minimum Gasteiger partial charge on any atom is -0.481 e. The summed E-state index contributed by atoms with van der Waals surface area (Å²) in [6.07, 6.45) is 12.7. The Balaban J connectivity index is 1.66. The van der Waals surface area contributed by atoms with Gasteiger partial charge in [-0.15, -0.1) is 0 Å². The first-order valence-corrected chi connectivity index (χ1v) is 11.9. The summed E-state index contributed by atoms with van der Waals surface area (Å²) in [5.41, 5.74) is 1.36. The molecule has 1 aromatic carbocycles. The van der Waals surface area contributed by atoms with E-state index in [9.17, 15) is 14.7 Å². The fourth-order valence-corrected chi connectivity index (χ4v) is 4.20. The average Bonchev–Trinajstić information content (AvgIpc) is 3.11. The van der Waals surface area contributed by atoms with Crippen LogP contribution in [0.15, 0.2) is 42.5 Å². The summed E-state index contributed by atoms with van der Waals surface area (Å²) < 4.78 is 0. The second-order valence-electron chi connectivity index (χ2n) is 8.84. The molecule has 31 heavy (non-hydrogen) atoms. The van der Waals surface area contributed by atoms with E-state index in [1.165, 1.54) is 5.56 Å². The third-order valence-corrected chi connectivity index (χ3v) is 6.25. The van der Waals surface area contributed by atoms with Crippen molar-refractivity contribution in [3.8, 4) is 0 Å². The second-order valence-corrected chi connectivity index (χ2v) is 8.84. The molecular formula is C26H39NO4. The Labute approximate surface area is 187 Å². The van der Waals surface area contributed by atoms with Crippen LogP contribution in [0.2, 0.25) is 0 Å². The van der Waals surface area contributed by atoms with Gasteiger partial charge < -0.3 is 15.1 Å². The Morgan fingerprint density at radius 1 is 1.13 bits per heavy atom.